The van der Waals surface area contributed by atoms with Crippen LogP contribution in [0.4, 0.5) is 0 Å². The molecule has 5 nitrogen and oxygen atoms in total. The van der Waals surface area contributed by atoms with Crippen LogP contribution in [0, 0.1) is 0 Å². The lowest BCUT2D eigenvalue weighted by molar-refractivity contribution is -0.122. The maximum atomic E-state index is 12.6. The Morgan fingerprint density at radius 2 is 2.33 bits per heavy atom. The number of carbonyl (C=O) groups is 1. The number of nitrogens with one attached hydrogen (secondary N) is 1. The zero-order valence-corrected chi connectivity index (χ0v) is 13.3. The number of carbonyl (C=O) groups excluding carboxylic acids is 1. The normalized spacial score (nSPS) is 21.0. The number of fused-ring (bicyclic) bond motifs is 2. The molecule has 1 aromatic heterocycles. The van der Waals surface area contributed by atoms with Gasteiger partial charge in [0.1, 0.15) is 0 Å². The van der Waals surface area contributed by atoms with E-state index in [0.717, 1.165) is 47.8 Å². The lowest BCUT2D eigenvalue weighted by Crippen LogP contribution is -2.35. The number of aryl methyl sites for hydroxylation is 1. The van der Waals surface area contributed by atoms with E-state index in [1.165, 1.54) is 0 Å². The first kappa shape index (κ1) is 14.6. The van der Waals surface area contributed by atoms with Crippen molar-refractivity contribution in [2.24, 2.45) is 0 Å². The summed E-state index contributed by atoms with van der Waals surface area (Å²) in [5.74, 6) is 0.786. The molecule has 0 saturated carbocycles. The van der Waals surface area contributed by atoms with Crippen molar-refractivity contribution < 1.29 is 4.79 Å². The van der Waals surface area contributed by atoms with E-state index in [1.54, 1.807) is 16.3 Å². The lowest BCUT2D eigenvalue weighted by atomic mass is 10.2. The Morgan fingerprint density at radius 1 is 1.52 bits per heavy atom. The summed E-state index contributed by atoms with van der Waals surface area (Å²) >= 11 is 1.59. The Kier molecular flexibility index (Phi) is 4.06. The van der Waals surface area contributed by atoms with Crippen LogP contribution in [-0.2, 0) is 17.6 Å². The van der Waals surface area contributed by atoms with Crippen molar-refractivity contribution >= 4 is 17.7 Å². The number of rotatable bonds is 4. The molecule has 0 bridgehead atoms. The summed E-state index contributed by atoms with van der Waals surface area (Å²) in [6.07, 6.45) is 4.04. The van der Waals surface area contributed by atoms with E-state index < -0.39 is 0 Å². The van der Waals surface area contributed by atoms with Crippen molar-refractivity contribution in [3.05, 3.63) is 21.6 Å². The van der Waals surface area contributed by atoms with E-state index in [2.05, 4.69) is 10.3 Å². The van der Waals surface area contributed by atoms with Gasteiger partial charge < -0.3 is 5.32 Å². The average molecular weight is 307 g/mol. The van der Waals surface area contributed by atoms with Crippen molar-refractivity contribution in [2.75, 3.05) is 5.75 Å². The molecule has 2 atom stereocenters. The molecule has 6 heteroatoms. The molecule has 0 spiro atoms. The van der Waals surface area contributed by atoms with Crippen molar-refractivity contribution in [1.82, 2.24) is 14.9 Å². The summed E-state index contributed by atoms with van der Waals surface area (Å²) in [7, 11) is 0. The van der Waals surface area contributed by atoms with Crippen LogP contribution >= 0.6 is 11.8 Å². The monoisotopic (exact) mass is 307 g/mol. The second kappa shape index (κ2) is 5.83. The van der Waals surface area contributed by atoms with Crippen LogP contribution in [0.3, 0.4) is 0 Å². The highest BCUT2D eigenvalue weighted by atomic mass is 32.2. The molecular weight excluding hydrogens is 286 g/mol. The van der Waals surface area contributed by atoms with Crippen molar-refractivity contribution in [3.8, 4) is 0 Å². The van der Waals surface area contributed by atoms with E-state index in [-0.39, 0.29) is 23.6 Å². The van der Waals surface area contributed by atoms with Crippen LogP contribution in [0.25, 0.3) is 0 Å². The molecule has 1 aromatic rings. The third-order valence-electron chi connectivity index (χ3n) is 4.31. The van der Waals surface area contributed by atoms with Crippen molar-refractivity contribution in [3.63, 3.8) is 0 Å². The van der Waals surface area contributed by atoms with E-state index in [4.69, 9.17) is 0 Å². The van der Waals surface area contributed by atoms with Crippen LogP contribution in [0.1, 0.15) is 50.4 Å². The van der Waals surface area contributed by atoms with Gasteiger partial charge in [-0.05, 0) is 32.6 Å². The van der Waals surface area contributed by atoms with Gasteiger partial charge in [-0.1, -0.05) is 18.7 Å². The summed E-state index contributed by atoms with van der Waals surface area (Å²) in [5.41, 5.74) is 1.93. The minimum Gasteiger partial charge on any atom is -0.354 e. The van der Waals surface area contributed by atoms with Gasteiger partial charge in [0.15, 0.2) is 5.16 Å². The van der Waals surface area contributed by atoms with E-state index in [1.807, 2.05) is 13.8 Å². The van der Waals surface area contributed by atoms with Gasteiger partial charge in [-0.25, -0.2) is 4.98 Å². The van der Waals surface area contributed by atoms with Crippen molar-refractivity contribution in [2.45, 2.75) is 63.2 Å². The number of thioether (sulfide) groups is 1. The molecule has 0 fully saturated rings. The number of nitrogens with zero attached hydrogens (tertiary/aromatic N) is 2. The van der Waals surface area contributed by atoms with Crippen LogP contribution in [0.2, 0.25) is 0 Å². The maximum absolute atomic E-state index is 12.6. The van der Waals surface area contributed by atoms with Gasteiger partial charge >= 0.3 is 0 Å². The molecule has 114 valence electrons. The molecule has 0 radical (unpaired) electrons. The molecule has 0 saturated heterocycles. The Balaban J connectivity index is 1.81. The lowest BCUT2D eigenvalue weighted by Gasteiger charge is -2.16. The molecule has 1 aliphatic carbocycles. The van der Waals surface area contributed by atoms with Crippen LogP contribution in [-0.4, -0.2) is 27.3 Å². The van der Waals surface area contributed by atoms with Gasteiger partial charge in [-0.2, -0.15) is 0 Å². The summed E-state index contributed by atoms with van der Waals surface area (Å²) in [6.45, 7) is 4.04. The van der Waals surface area contributed by atoms with Crippen LogP contribution < -0.4 is 10.9 Å². The first-order chi connectivity index (χ1) is 10.1. The minimum absolute atomic E-state index is 0.0233. The Bertz CT molecular complexity index is 626. The maximum Gasteiger partial charge on any atom is 0.257 e. The summed E-state index contributed by atoms with van der Waals surface area (Å²) < 4.78 is 1.75. The van der Waals surface area contributed by atoms with E-state index in [0.29, 0.717) is 6.42 Å². The standard InChI is InChI=1S/C15H21N3O2S/c1-3-9(2)16-13(19)7-10-8-21-15-17-12-6-4-5-11(12)14(20)18(10)15/h9-10H,3-8H2,1-2H3,(H,16,19). The fourth-order valence-corrected chi connectivity index (χ4v) is 4.11. The molecule has 1 N–H and O–H groups in total. The number of hydrogen-bond donors (Lipinski definition) is 1. The quantitative estimate of drug-likeness (QED) is 0.860. The molecule has 2 heterocycles. The summed E-state index contributed by atoms with van der Waals surface area (Å²) in [6, 6.07) is 0.126. The van der Waals surface area contributed by atoms with Gasteiger partial charge in [-0.15, -0.1) is 0 Å². The molecular formula is C15H21N3O2S. The van der Waals surface area contributed by atoms with Gasteiger partial charge in [0, 0.05) is 23.8 Å². The van der Waals surface area contributed by atoms with Gasteiger partial charge in [0.2, 0.25) is 5.91 Å². The zero-order chi connectivity index (χ0) is 15.0. The number of hydrogen-bond acceptors (Lipinski definition) is 4. The SMILES string of the molecule is CCC(C)NC(=O)CC1CSc2nc3c(c(=O)n21)CCC3. The van der Waals surface area contributed by atoms with Gasteiger partial charge in [0.25, 0.3) is 5.56 Å². The van der Waals surface area contributed by atoms with Gasteiger partial charge in [0.05, 0.1) is 11.7 Å². The highest BCUT2D eigenvalue weighted by Gasteiger charge is 2.31. The second-order valence-corrected chi connectivity index (χ2v) is 6.88. The van der Waals surface area contributed by atoms with E-state index in [9.17, 15) is 9.59 Å². The molecule has 0 aromatic carbocycles. The Morgan fingerprint density at radius 3 is 3.10 bits per heavy atom. The first-order valence-corrected chi connectivity index (χ1v) is 8.65. The van der Waals surface area contributed by atoms with Crippen LogP contribution in [0.15, 0.2) is 9.95 Å². The fraction of sp³-hybridized carbons (Fsp3) is 0.667. The molecule has 2 aliphatic rings. The molecule has 21 heavy (non-hydrogen) atoms. The predicted molar refractivity (Wildman–Crippen MR) is 82.8 cm³/mol. The molecule has 1 aliphatic heterocycles. The van der Waals surface area contributed by atoms with Gasteiger partial charge in [-0.3, -0.25) is 14.2 Å². The van der Waals surface area contributed by atoms with E-state index >= 15 is 0 Å². The second-order valence-electron chi connectivity index (χ2n) is 5.89. The first-order valence-electron chi connectivity index (χ1n) is 7.66. The smallest absolute Gasteiger partial charge is 0.257 e. The Labute approximate surface area is 128 Å². The highest BCUT2D eigenvalue weighted by molar-refractivity contribution is 7.99. The minimum atomic E-state index is -0.0556. The fourth-order valence-electron chi connectivity index (χ4n) is 2.95. The van der Waals surface area contributed by atoms with Crippen LogP contribution in [0.5, 0.6) is 0 Å². The number of amides is 1. The zero-order valence-electron chi connectivity index (χ0n) is 12.5. The predicted octanol–water partition coefficient (Wildman–Crippen LogP) is 1.68. The summed E-state index contributed by atoms with van der Waals surface area (Å²) in [4.78, 5) is 29.3. The highest BCUT2D eigenvalue weighted by Crippen LogP contribution is 2.33. The third-order valence-corrected chi connectivity index (χ3v) is 5.41. The topological polar surface area (TPSA) is 64.0 Å². The molecule has 2 unspecified atom stereocenters. The number of aromatic nitrogens is 2. The third kappa shape index (κ3) is 2.73. The average Bonchev–Trinajstić information content (AvgIpc) is 3.06. The Hall–Kier alpha value is -1.30. The molecule has 3 rings (SSSR count). The summed E-state index contributed by atoms with van der Waals surface area (Å²) in [5, 5.41) is 3.77. The largest absolute Gasteiger partial charge is 0.354 e. The molecule has 1 amide bonds. The van der Waals surface area contributed by atoms with Crippen molar-refractivity contribution in [1.29, 1.82) is 0 Å².